The Morgan fingerprint density at radius 2 is 2.56 bits per heavy atom. The number of thiophene rings is 1. The van der Waals surface area contributed by atoms with Crippen molar-refractivity contribution in [3.05, 3.63) is 22.4 Å². The average Bonchev–Trinajstić information content (AvgIpc) is 2.85. The Balaban J connectivity index is 1.78. The van der Waals surface area contributed by atoms with Crippen LogP contribution in [0.15, 0.2) is 17.5 Å². The molecule has 2 atom stereocenters. The maximum absolute atomic E-state index is 5.50. The van der Waals surface area contributed by atoms with Gasteiger partial charge in [0.1, 0.15) is 0 Å². The molecule has 2 heterocycles. The summed E-state index contributed by atoms with van der Waals surface area (Å²) in [4.78, 5) is 1.46. The normalized spacial score (nSPS) is 23.2. The van der Waals surface area contributed by atoms with Crippen molar-refractivity contribution < 1.29 is 4.74 Å². The van der Waals surface area contributed by atoms with Gasteiger partial charge in [-0.3, -0.25) is 0 Å². The third-order valence-corrected chi connectivity index (χ3v) is 4.19. The van der Waals surface area contributed by atoms with E-state index in [1.807, 2.05) is 11.3 Å². The van der Waals surface area contributed by atoms with Gasteiger partial charge in [0, 0.05) is 24.1 Å². The Morgan fingerprint density at radius 3 is 3.19 bits per heavy atom. The van der Waals surface area contributed by atoms with Crippen LogP contribution in [0.3, 0.4) is 0 Å². The van der Waals surface area contributed by atoms with Crippen molar-refractivity contribution in [2.24, 2.45) is 5.92 Å². The lowest BCUT2D eigenvalue weighted by Crippen LogP contribution is -2.31. The Hall–Kier alpha value is -0.380. The fraction of sp³-hybridized carbons (Fsp3) is 0.692. The predicted octanol–water partition coefficient (Wildman–Crippen LogP) is 3.22. The van der Waals surface area contributed by atoms with E-state index in [2.05, 4.69) is 29.8 Å². The molecule has 2 nitrogen and oxygen atoms in total. The molecule has 1 aliphatic rings. The van der Waals surface area contributed by atoms with Crippen LogP contribution in [0, 0.1) is 5.92 Å². The summed E-state index contributed by atoms with van der Waals surface area (Å²) in [5.41, 5.74) is 0. The molecule has 1 fully saturated rings. The van der Waals surface area contributed by atoms with E-state index in [4.69, 9.17) is 4.74 Å². The highest BCUT2D eigenvalue weighted by atomic mass is 32.1. The second-order valence-corrected chi connectivity index (χ2v) is 5.45. The SMILES string of the molecule is CCC(NCC1CCCOC1)c1cccs1. The van der Waals surface area contributed by atoms with Gasteiger partial charge in [0.05, 0.1) is 6.61 Å². The summed E-state index contributed by atoms with van der Waals surface area (Å²) in [5, 5.41) is 5.83. The monoisotopic (exact) mass is 239 g/mol. The molecular weight excluding hydrogens is 218 g/mol. The van der Waals surface area contributed by atoms with Crippen molar-refractivity contribution in [2.75, 3.05) is 19.8 Å². The summed E-state index contributed by atoms with van der Waals surface area (Å²) in [7, 11) is 0. The maximum Gasteiger partial charge on any atom is 0.0506 e. The Kier molecular flexibility index (Phi) is 4.82. The summed E-state index contributed by atoms with van der Waals surface area (Å²) in [5.74, 6) is 0.711. The quantitative estimate of drug-likeness (QED) is 0.852. The molecule has 2 unspecified atom stereocenters. The average molecular weight is 239 g/mol. The minimum atomic E-state index is 0.530. The fourth-order valence-corrected chi connectivity index (χ4v) is 3.10. The van der Waals surface area contributed by atoms with Crippen LogP contribution in [0.25, 0.3) is 0 Å². The summed E-state index contributed by atoms with van der Waals surface area (Å²) < 4.78 is 5.50. The molecule has 3 heteroatoms. The van der Waals surface area contributed by atoms with Crippen LogP contribution >= 0.6 is 11.3 Å². The van der Waals surface area contributed by atoms with Crippen LogP contribution in [0.1, 0.15) is 37.1 Å². The molecule has 1 aromatic heterocycles. The lowest BCUT2D eigenvalue weighted by Gasteiger charge is -2.25. The van der Waals surface area contributed by atoms with Crippen LogP contribution in [-0.2, 0) is 4.74 Å². The molecule has 16 heavy (non-hydrogen) atoms. The summed E-state index contributed by atoms with van der Waals surface area (Å²) >= 11 is 1.85. The maximum atomic E-state index is 5.50. The molecule has 90 valence electrons. The van der Waals surface area contributed by atoms with Crippen LogP contribution < -0.4 is 5.32 Å². The lowest BCUT2D eigenvalue weighted by molar-refractivity contribution is 0.0538. The van der Waals surface area contributed by atoms with E-state index in [1.54, 1.807) is 0 Å². The first-order chi connectivity index (χ1) is 7.90. The van der Waals surface area contributed by atoms with Gasteiger partial charge in [0.15, 0.2) is 0 Å². The molecule has 0 amide bonds. The van der Waals surface area contributed by atoms with Crippen molar-refractivity contribution in [1.82, 2.24) is 5.32 Å². The first kappa shape index (κ1) is 12.1. The fourth-order valence-electron chi connectivity index (χ4n) is 2.21. The first-order valence-corrected chi connectivity index (χ1v) is 7.12. The lowest BCUT2D eigenvalue weighted by atomic mass is 10.0. The Morgan fingerprint density at radius 1 is 1.62 bits per heavy atom. The van der Waals surface area contributed by atoms with Gasteiger partial charge in [-0.25, -0.2) is 0 Å². The van der Waals surface area contributed by atoms with Crippen LogP contribution in [-0.4, -0.2) is 19.8 Å². The Labute approximate surface area is 102 Å². The molecule has 1 aromatic rings. The van der Waals surface area contributed by atoms with E-state index in [1.165, 1.54) is 17.7 Å². The van der Waals surface area contributed by atoms with Gasteiger partial charge in [-0.05, 0) is 36.6 Å². The summed E-state index contributed by atoms with van der Waals surface area (Å²) in [6, 6.07) is 4.89. The number of hydrogen-bond donors (Lipinski definition) is 1. The highest BCUT2D eigenvalue weighted by molar-refractivity contribution is 7.10. The molecule has 2 rings (SSSR count). The van der Waals surface area contributed by atoms with Gasteiger partial charge in [-0.1, -0.05) is 13.0 Å². The smallest absolute Gasteiger partial charge is 0.0506 e. The number of ether oxygens (including phenoxy) is 1. The van der Waals surface area contributed by atoms with Crippen LogP contribution in [0.2, 0.25) is 0 Å². The van der Waals surface area contributed by atoms with Crippen molar-refractivity contribution in [3.8, 4) is 0 Å². The highest BCUT2D eigenvalue weighted by Crippen LogP contribution is 2.22. The number of hydrogen-bond acceptors (Lipinski definition) is 3. The van der Waals surface area contributed by atoms with E-state index in [9.17, 15) is 0 Å². The minimum Gasteiger partial charge on any atom is -0.381 e. The van der Waals surface area contributed by atoms with E-state index in [0.29, 0.717) is 12.0 Å². The largest absolute Gasteiger partial charge is 0.381 e. The molecule has 0 aliphatic carbocycles. The second-order valence-electron chi connectivity index (χ2n) is 4.47. The molecule has 0 aromatic carbocycles. The van der Waals surface area contributed by atoms with E-state index < -0.39 is 0 Å². The third kappa shape index (κ3) is 3.30. The topological polar surface area (TPSA) is 21.3 Å². The second kappa shape index (κ2) is 6.38. The van der Waals surface area contributed by atoms with Gasteiger partial charge in [0.25, 0.3) is 0 Å². The van der Waals surface area contributed by atoms with E-state index in [-0.39, 0.29) is 0 Å². The van der Waals surface area contributed by atoms with Crippen LogP contribution in [0.5, 0.6) is 0 Å². The molecule has 0 spiro atoms. The Bertz CT molecular complexity index is 280. The minimum absolute atomic E-state index is 0.530. The number of nitrogens with one attached hydrogen (secondary N) is 1. The zero-order chi connectivity index (χ0) is 11.2. The highest BCUT2D eigenvalue weighted by Gasteiger charge is 2.16. The van der Waals surface area contributed by atoms with Gasteiger partial charge in [0.2, 0.25) is 0 Å². The third-order valence-electron chi connectivity index (χ3n) is 3.20. The van der Waals surface area contributed by atoms with Crippen molar-refractivity contribution in [1.29, 1.82) is 0 Å². The van der Waals surface area contributed by atoms with Gasteiger partial charge in [-0.15, -0.1) is 11.3 Å². The van der Waals surface area contributed by atoms with Gasteiger partial charge < -0.3 is 10.1 Å². The molecule has 0 radical (unpaired) electrons. The first-order valence-electron chi connectivity index (χ1n) is 6.24. The zero-order valence-electron chi connectivity index (χ0n) is 9.95. The summed E-state index contributed by atoms with van der Waals surface area (Å²) in [6.45, 7) is 5.23. The van der Waals surface area contributed by atoms with Gasteiger partial charge >= 0.3 is 0 Å². The van der Waals surface area contributed by atoms with E-state index >= 15 is 0 Å². The molecule has 1 N–H and O–H groups in total. The van der Waals surface area contributed by atoms with Gasteiger partial charge in [-0.2, -0.15) is 0 Å². The molecule has 1 aliphatic heterocycles. The number of rotatable bonds is 5. The van der Waals surface area contributed by atoms with Crippen molar-refractivity contribution >= 4 is 11.3 Å². The molecular formula is C13H21NOS. The van der Waals surface area contributed by atoms with Crippen molar-refractivity contribution in [3.63, 3.8) is 0 Å². The van der Waals surface area contributed by atoms with E-state index in [0.717, 1.165) is 26.2 Å². The van der Waals surface area contributed by atoms with Crippen molar-refractivity contribution in [2.45, 2.75) is 32.2 Å². The summed E-state index contributed by atoms with van der Waals surface area (Å²) in [6.07, 6.45) is 3.70. The predicted molar refractivity (Wildman–Crippen MR) is 68.9 cm³/mol. The molecule has 1 saturated heterocycles. The zero-order valence-corrected chi connectivity index (χ0v) is 10.8. The standard InChI is InChI=1S/C13H21NOS/c1-2-12(13-6-4-8-16-13)14-9-11-5-3-7-15-10-11/h4,6,8,11-12,14H,2-3,5,7,9-10H2,1H3. The molecule has 0 bridgehead atoms. The van der Waals surface area contributed by atoms with Crippen LogP contribution in [0.4, 0.5) is 0 Å². The molecule has 0 saturated carbocycles.